The van der Waals surface area contributed by atoms with Gasteiger partial charge >= 0.3 is 0 Å². The molecule has 0 bridgehead atoms. The molecular formula is C11H11N3O3. The SMILES string of the molecule is COc1cc(O)c(-c2ncncn2)c(OC)c1. The Labute approximate surface area is 97.9 Å². The number of rotatable bonds is 3. The van der Waals surface area contributed by atoms with E-state index in [0.717, 1.165) is 0 Å². The monoisotopic (exact) mass is 233 g/mol. The van der Waals surface area contributed by atoms with Crippen molar-refractivity contribution in [1.82, 2.24) is 15.0 Å². The van der Waals surface area contributed by atoms with Gasteiger partial charge < -0.3 is 14.6 Å². The van der Waals surface area contributed by atoms with Gasteiger partial charge in [0.05, 0.1) is 14.2 Å². The van der Waals surface area contributed by atoms with Crippen molar-refractivity contribution in [3.8, 4) is 28.6 Å². The molecule has 17 heavy (non-hydrogen) atoms. The molecule has 0 atom stereocenters. The van der Waals surface area contributed by atoms with Gasteiger partial charge in [0.15, 0.2) is 5.82 Å². The Hall–Kier alpha value is -2.37. The molecule has 2 rings (SSSR count). The summed E-state index contributed by atoms with van der Waals surface area (Å²) in [6, 6.07) is 3.13. The van der Waals surface area contributed by atoms with Gasteiger partial charge in [-0.1, -0.05) is 0 Å². The van der Waals surface area contributed by atoms with Crippen LogP contribution in [0.5, 0.6) is 17.2 Å². The number of nitrogens with zero attached hydrogens (tertiary/aromatic N) is 3. The second-order valence-corrected chi connectivity index (χ2v) is 3.19. The maximum absolute atomic E-state index is 9.93. The standard InChI is InChI=1S/C11H11N3O3/c1-16-7-3-8(15)10(9(4-7)17-2)11-13-5-12-6-14-11/h3-6,15H,1-2H3. The molecule has 0 unspecified atom stereocenters. The Bertz CT molecular complexity index is 517. The zero-order valence-electron chi connectivity index (χ0n) is 9.41. The van der Waals surface area contributed by atoms with Crippen molar-refractivity contribution in [1.29, 1.82) is 0 Å². The highest BCUT2D eigenvalue weighted by molar-refractivity contribution is 5.72. The lowest BCUT2D eigenvalue weighted by atomic mass is 10.1. The molecule has 0 aliphatic carbocycles. The van der Waals surface area contributed by atoms with E-state index in [1.807, 2.05) is 0 Å². The van der Waals surface area contributed by atoms with Crippen LogP contribution in [0.15, 0.2) is 24.8 Å². The number of aromatic hydroxyl groups is 1. The number of hydrogen-bond donors (Lipinski definition) is 1. The molecule has 0 amide bonds. The van der Waals surface area contributed by atoms with Crippen LogP contribution in [0.3, 0.4) is 0 Å². The number of ether oxygens (including phenoxy) is 2. The van der Waals surface area contributed by atoms with E-state index < -0.39 is 0 Å². The molecule has 2 aromatic rings. The van der Waals surface area contributed by atoms with Gasteiger partial charge in [0.2, 0.25) is 0 Å². The fourth-order valence-corrected chi connectivity index (χ4v) is 1.45. The molecule has 1 heterocycles. The summed E-state index contributed by atoms with van der Waals surface area (Å²) < 4.78 is 10.2. The Morgan fingerprint density at radius 1 is 1.06 bits per heavy atom. The molecule has 0 aliphatic heterocycles. The van der Waals surface area contributed by atoms with Crippen molar-refractivity contribution in [2.24, 2.45) is 0 Å². The van der Waals surface area contributed by atoms with Gasteiger partial charge in [-0.25, -0.2) is 15.0 Å². The second kappa shape index (κ2) is 4.65. The van der Waals surface area contributed by atoms with E-state index in [-0.39, 0.29) is 5.75 Å². The summed E-state index contributed by atoms with van der Waals surface area (Å²) in [5.41, 5.74) is 0.413. The predicted octanol–water partition coefficient (Wildman–Crippen LogP) is 1.26. The Kier molecular flexibility index (Phi) is 3.04. The highest BCUT2D eigenvalue weighted by Crippen LogP contribution is 2.39. The summed E-state index contributed by atoms with van der Waals surface area (Å²) >= 11 is 0. The van der Waals surface area contributed by atoms with Crippen LogP contribution in [0.4, 0.5) is 0 Å². The minimum absolute atomic E-state index is 0.00704. The summed E-state index contributed by atoms with van der Waals surface area (Å²) in [5.74, 6) is 1.27. The molecule has 0 aliphatic rings. The molecule has 1 N–H and O–H groups in total. The van der Waals surface area contributed by atoms with Crippen molar-refractivity contribution in [2.75, 3.05) is 14.2 Å². The zero-order chi connectivity index (χ0) is 12.3. The molecule has 0 fully saturated rings. The molecule has 1 aromatic heterocycles. The van der Waals surface area contributed by atoms with Gasteiger partial charge in [-0.3, -0.25) is 0 Å². The molecule has 6 heteroatoms. The predicted molar refractivity (Wildman–Crippen MR) is 60.0 cm³/mol. The molecule has 0 saturated carbocycles. The number of hydrogen-bond acceptors (Lipinski definition) is 6. The summed E-state index contributed by atoms with van der Waals surface area (Å²) in [6.07, 6.45) is 2.71. The van der Waals surface area contributed by atoms with Crippen LogP contribution in [0.1, 0.15) is 0 Å². The first-order chi connectivity index (χ1) is 8.26. The third-order valence-electron chi connectivity index (χ3n) is 2.23. The molecule has 0 spiro atoms. The van der Waals surface area contributed by atoms with Crippen molar-refractivity contribution in [3.63, 3.8) is 0 Å². The summed E-state index contributed by atoms with van der Waals surface area (Å²) in [7, 11) is 3.01. The maximum atomic E-state index is 9.93. The van der Waals surface area contributed by atoms with E-state index >= 15 is 0 Å². The third-order valence-corrected chi connectivity index (χ3v) is 2.23. The van der Waals surface area contributed by atoms with Crippen LogP contribution >= 0.6 is 0 Å². The quantitative estimate of drug-likeness (QED) is 0.859. The van der Waals surface area contributed by atoms with E-state index in [9.17, 15) is 5.11 Å². The van der Waals surface area contributed by atoms with Crippen LogP contribution in [-0.4, -0.2) is 34.3 Å². The minimum atomic E-state index is -0.00704. The number of benzene rings is 1. The molecule has 0 radical (unpaired) electrons. The van der Waals surface area contributed by atoms with E-state index in [4.69, 9.17) is 9.47 Å². The average Bonchev–Trinajstić information content (AvgIpc) is 2.38. The van der Waals surface area contributed by atoms with E-state index in [2.05, 4.69) is 15.0 Å². The summed E-state index contributed by atoms with van der Waals surface area (Å²) in [6.45, 7) is 0. The van der Waals surface area contributed by atoms with E-state index in [1.54, 1.807) is 6.07 Å². The fraction of sp³-hybridized carbons (Fsp3) is 0.182. The first-order valence-electron chi connectivity index (χ1n) is 4.83. The van der Waals surface area contributed by atoms with Crippen LogP contribution in [0.2, 0.25) is 0 Å². The fourth-order valence-electron chi connectivity index (χ4n) is 1.45. The van der Waals surface area contributed by atoms with Gasteiger partial charge in [-0.2, -0.15) is 0 Å². The zero-order valence-corrected chi connectivity index (χ0v) is 9.41. The van der Waals surface area contributed by atoms with Crippen LogP contribution in [-0.2, 0) is 0 Å². The number of phenols is 1. The van der Waals surface area contributed by atoms with Gasteiger partial charge in [0.25, 0.3) is 0 Å². The summed E-state index contributed by atoms with van der Waals surface area (Å²) in [4.78, 5) is 11.7. The normalized spacial score (nSPS) is 10.0. The third kappa shape index (κ3) is 2.10. The van der Waals surface area contributed by atoms with Crippen LogP contribution in [0, 0.1) is 0 Å². The second-order valence-electron chi connectivity index (χ2n) is 3.19. The van der Waals surface area contributed by atoms with Crippen molar-refractivity contribution >= 4 is 0 Å². The minimum Gasteiger partial charge on any atom is -0.507 e. The Morgan fingerprint density at radius 3 is 2.35 bits per heavy atom. The van der Waals surface area contributed by atoms with Crippen molar-refractivity contribution in [3.05, 3.63) is 24.8 Å². The molecule has 1 aromatic carbocycles. The highest BCUT2D eigenvalue weighted by Gasteiger charge is 2.15. The number of aromatic nitrogens is 3. The summed E-state index contributed by atoms with van der Waals surface area (Å²) in [5, 5.41) is 9.93. The average molecular weight is 233 g/mol. The molecule has 6 nitrogen and oxygen atoms in total. The van der Waals surface area contributed by atoms with Crippen LogP contribution in [0.25, 0.3) is 11.4 Å². The number of methoxy groups -OCH3 is 2. The molecule has 88 valence electrons. The smallest absolute Gasteiger partial charge is 0.170 e. The van der Waals surface area contributed by atoms with Gasteiger partial charge in [-0.15, -0.1) is 0 Å². The highest BCUT2D eigenvalue weighted by atomic mass is 16.5. The Balaban J connectivity index is 2.61. The maximum Gasteiger partial charge on any atom is 0.170 e. The first kappa shape index (κ1) is 11.1. The van der Waals surface area contributed by atoms with Gasteiger partial charge in [-0.05, 0) is 0 Å². The van der Waals surface area contributed by atoms with Crippen LogP contribution < -0.4 is 9.47 Å². The number of phenolic OH excluding ortho intramolecular Hbond substituents is 1. The molecular weight excluding hydrogens is 222 g/mol. The lowest BCUT2D eigenvalue weighted by molar-refractivity contribution is 0.386. The van der Waals surface area contributed by atoms with E-state index in [0.29, 0.717) is 22.9 Å². The lowest BCUT2D eigenvalue weighted by Gasteiger charge is -2.11. The first-order valence-corrected chi connectivity index (χ1v) is 4.83. The van der Waals surface area contributed by atoms with E-state index in [1.165, 1.54) is 32.9 Å². The van der Waals surface area contributed by atoms with Crippen molar-refractivity contribution in [2.45, 2.75) is 0 Å². The molecule has 0 saturated heterocycles. The topological polar surface area (TPSA) is 77.4 Å². The van der Waals surface area contributed by atoms with Crippen molar-refractivity contribution < 1.29 is 14.6 Å². The largest absolute Gasteiger partial charge is 0.507 e. The van der Waals surface area contributed by atoms with Gasteiger partial charge in [0, 0.05) is 12.1 Å². The Morgan fingerprint density at radius 2 is 1.76 bits per heavy atom. The lowest BCUT2D eigenvalue weighted by Crippen LogP contribution is -1.95. The van der Waals surface area contributed by atoms with Gasteiger partial charge in [0.1, 0.15) is 35.5 Å².